The van der Waals surface area contributed by atoms with Gasteiger partial charge >= 0.3 is 0 Å². The Morgan fingerprint density at radius 2 is 2.00 bits per heavy atom. The van der Waals surface area contributed by atoms with E-state index in [0.29, 0.717) is 5.75 Å². The van der Waals surface area contributed by atoms with Crippen LogP contribution in [-0.4, -0.2) is 59.0 Å². The molecule has 166 valence electrons. The van der Waals surface area contributed by atoms with Crippen molar-refractivity contribution in [3.8, 4) is 11.5 Å². The van der Waals surface area contributed by atoms with Crippen molar-refractivity contribution in [1.82, 2.24) is 4.90 Å². The van der Waals surface area contributed by atoms with E-state index in [1.165, 1.54) is 29.7 Å². The van der Waals surface area contributed by atoms with Crippen molar-refractivity contribution in [2.45, 2.75) is 67.2 Å². The number of para-hydroxylation sites is 1. The Bertz CT molecular complexity index is 1160. The summed E-state index contributed by atoms with van der Waals surface area (Å²) in [6, 6.07) is 12.9. The maximum absolute atomic E-state index is 12.8. The Kier molecular flexibility index (Phi) is 3.20. The number of benzene rings is 2. The second-order valence-corrected chi connectivity index (χ2v) is 11.3. The molecule has 2 aromatic rings. The molecule has 6 aliphatic rings. The van der Waals surface area contributed by atoms with E-state index in [4.69, 9.17) is 4.74 Å². The number of aromatic hydroxyl groups is 1. The fourth-order valence-corrected chi connectivity index (χ4v) is 8.54. The van der Waals surface area contributed by atoms with E-state index in [-0.39, 0.29) is 29.9 Å². The molecule has 2 aromatic carbocycles. The standard InChI is InChI=1S/C27H30N2O3/c1-28-19-5-3-2-4-17(19)18-13-27(31)21-12-16-8-9-20(30)24-22(16)26(27,25(32-24)23(18)28)10-11-29(21)14-15-6-7-15/h2-5,8-9,15,18,21,23,25,30-31H,6-7,10-14H2,1H3/t18?,21?,23?,25?,26?,27-/m1/s1/i1-1. The van der Waals surface area contributed by atoms with Crippen LogP contribution in [0.25, 0.3) is 0 Å². The van der Waals surface area contributed by atoms with Crippen molar-refractivity contribution in [3.63, 3.8) is 0 Å². The highest BCUT2D eigenvalue weighted by Crippen LogP contribution is 2.69. The second kappa shape index (κ2) is 5.63. The zero-order valence-electron chi connectivity index (χ0n) is 18.5. The lowest BCUT2D eigenvalue weighted by atomic mass is 9.46. The molecule has 3 aliphatic carbocycles. The van der Waals surface area contributed by atoms with Crippen molar-refractivity contribution in [2.24, 2.45) is 5.92 Å². The molecule has 5 heteroatoms. The number of phenolic OH excluding ortho intramolecular Hbond substituents is 1. The van der Waals surface area contributed by atoms with Gasteiger partial charge in [-0.05, 0) is 67.8 Å². The highest BCUT2D eigenvalue weighted by atomic mass is 16.5. The molecule has 3 fully saturated rings. The molecular formula is C27H30N2O3. The molecule has 6 atom stereocenters. The zero-order chi connectivity index (χ0) is 21.4. The number of anilines is 1. The van der Waals surface area contributed by atoms with Gasteiger partial charge < -0.3 is 19.8 Å². The molecule has 0 amide bonds. The van der Waals surface area contributed by atoms with E-state index < -0.39 is 11.0 Å². The zero-order valence-corrected chi connectivity index (χ0v) is 18.5. The lowest BCUT2D eigenvalue weighted by molar-refractivity contribution is -0.192. The highest BCUT2D eigenvalue weighted by Gasteiger charge is 2.75. The van der Waals surface area contributed by atoms with Gasteiger partial charge in [0.15, 0.2) is 11.5 Å². The number of likely N-dealkylation sites (tertiary alicyclic amines) is 1. The van der Waals surface area contributed by atoms with Gasteiger partial charge in [0.05, 0.1) is 17.1 Å². The number of likely N-dealkylation sites (N-methyl/N-ethyl adjacent to an activating group) is 1. The highest BCUT2D eigenvalue weighted by molar-refractivity contribution is 5.68. The van der Waals surface area contributed by atoms with Crippen molar-refractivity contribution in [1.29, 1.82) is 0 Å². The van der Waals surface area contributed by atoms with Crippen LogP contribution in [0, 0.1) is 5.92 Å². The number of hydrogen-bond acceptors (Lipinski definition) is 5. The number of phenols is 1. The van der Waals surface area contributed by atoms with Crippen LogP contribution in [0.2, 0.25) is 0 Å². The number of fused-ring (bicyclic) bond motifs is 4. The molecule has 2 bridgehead atoms. The summed E-state index contributed by atoms with van der Waals surface area (Å²) >= 11 is 0. The van der Waals surface area contributed by atoms with Crippen LogP contribution in [0.15, 0.2) is 36.4 Å². The largest absolute Gasteiger partial charge is 0.504 e. The normalized spacial score (nSPS) is 40.5. The van der Waals surface area contributed by atoms with E-state index >= 15 is 0 Å². The Labute approximate surface area is 188 Å². The molecular weight excluding hydrogens is 399 g/mol. The predicted molar refractivity (Wildman–Crippen MR) is 122 cm³/mol. The maximum Gasteiger partial charge on any atom is 0.165 e. The average molecular weight is 430 g/mol. The molecule has 0 aromatic heterocycles. The van der Waals surface area contributed by atoms with Gasteiger partial charge in [-0.1, -0.05) is 24.3 Å². The molecule has 2 saturated carbocycles. The average Bonchev–Trinajstić information content (AvgIpc) is 3.47. The fourth-order valence-electron chi connectivity index (χ4n) is 8.54. The number of piperidine rings is 1. The molecule has 5 nitrogen and oxygen atoms in total. The minimum absolute atomic E-state index is 0.116. The molecule has 2 N–H and O–H groups in total. The minimum atomic E-state index is -0.851. The third kappa shape index (κ3) is 1.88. The second-order valence-electron chi connectivity index (χ2n) is 11.3. The van der Waals surface area contributed by atoms with Crippen LogP contribution in [0.1, 0.15) is 48.3 Å². The number of aliphatic hydroxyl groups is 1. The Morgan fingerprint density at radius 3 is 2.84 bits per heavy atom. The van der Waals surface area contributed by atoms with E-state index in [0.717, 1.165) is 43.8 Å². The lowest BCUT2D eigenvalue weighted by Gasteiger charge is -2.65. The van der Waals surface area contributed by atoms with Gasteiger partial charge in [0.25, 0.3) is 0 Å². The molecule has 3 aliphatic heterocycles. The number of hydrogen-bond donors (Lipinski definition) is 2. The molecule has 8 rings (SSSR count). The van der Waals surface area contributed by atoms with Gasteiger partial charge in [-0.3, -0.25) is 4.90 Å². The topological polar surface area (TPSA) is 56.2 Å². The summed E-state index contributed by atoms with van der Waals surface area (Å²) in [7, 11) is 2.18. The van der Waals surface area contributed by atoms with Crippen molar-refractivity contribution in [2.75, 3.05) is 25.0 Å². The van der Waals surface area contributed by atoms with E-state index in [9.17, 15) is 10.2 Å². The van der Waals surface area contributed by atoms with E-state index in [1.807, 2.05) is 0 Å². The summed E-state index contributed by atoms with van der Waals surface area (Å²) in [6.07, 6.45) is 5.01. The first kappa shape index (κ1) is 18.2. The molecule has 1 spiro atoms. The van der Waals surface area contributed by atoms with Crippen LogP contribution < -0.4 is 9.64 Å². The van der Waals surface area contributed by atoms with Gasteiger partial charge in [-0.2, -0.15) is 0 Å². The van der Waals surface area contributed by atoms with Crippen LogP contribution in [0.4, 0.5) is 5.69 Å². The van der Waals surface area contributed by atoms with Crippen LogP contribution in [-0.2, 0) is 11.8 Å². The third-order valence-electron chi connectivity index (χ3n) is 9.98. The summed E-state index contributed by atoms with van der Waals surface area (Å²) in [6.45, 7) is 2.12. The molecule has 5 unspecified atom stereocenters. The minimum Gasteiger partial charge on any atom is -0.504 e. The first-order valence-corrected chi connectivity index (χ1v) is 12.3. The monoisotopic (exact) mass is 429 g/mol. The summed E-state index contributed by atoms with van der Waals surface area (Å²) in [5.41, 5.74) is 3.69. The summed E-state index contributed by atoms with van der Waals surface area (Å²) in [5, 5.41) is 23.7. The van der Waals surface area contributed by atoms with Crippen LogP contribution in [0.5, 0.6) is 11.5 Å². The van der Waals surface area contributed by atoms with Gasteiger partial charge in [0.1, 0.15) is 6.10 Å². The predicted octanol–water partition coefficient (Wildman–Crippen LogP) is 3.17. The van der Waals surface area contributed by atoms with Gasteiger partial charge in [-0.15, -0.1) is 0 Å². The van der Waals surface area contributed by atoms with E-state index in [2.05, 4.69) is 47.2 Å². The van der Waals surface area contributed by atoms with Crippen molar-refractivity contribution in [3.05, 3.63) is 53.1 Å². The first-order chi connectivity index (χ1) is 15.5. The number of ether oxygens (including phenoxy) is 1. The van der Waals surface area contributed by atoms with Crippen LogP contribution >= 0.6 is 0 Å². The summed E-state index contributed by atoms with van der Waals surface area (Å²) in [4.78, 5) is 5.00. The van der Waals surface area contributed by atoms with Crippen molar-refractivity contribution >= 4 is 5.69 Å². The fraction of sp³-hybridized carbons (Fsp3) is 0.556. The molecule has 0 radical (unpaired) electrons. The van der Waals surface area contributed by atoms with Gasteiger partial charge in [0.2, 0.25) is 0 Å². The molecule has 1 saturated heterocycles. The van der Waals surface area contributed by atoms with Crippen molar-refractivity contribution < 1.29 is 14.9 Å². The SMILES string of the molecule is [11CH3]N1c2ccccc2C2C[C@@]3(O)C4Cc5ccc(O)c6c5C3(CCN4CC3CC3)C(O6)C21. The number of rotatable bonds is 2. The summed E-state index contributed by atoms with van der Waals surface area (Å²) < 4.78 is 6.75. The summed E-state index contributed by atoms with van der Waals surface area (Å²) in [5.74, 6) is 1.91. The van der Waals surface area contributed by atoms with E-state index in [1.54, 1.807) is 6.07 Å². The lowest BCUT2D eigenvalue weighted by Crippen LogP contribution is -2.78. The first-order valence-electron chi connectivity index (χ1n) is 12.3. The molecule has 3 heterocycles. The third-order valence-corrected chi connectivity index (χ3v) is 9.98. The van der Waals surface area contributed by atoms with Gasteiger partial charge in [0, 0.05) is 36.8 Å². The quantitative estimate of drug-likeness (QED) is 0.768. The van der Waals surface area contributed by atoms with Crippen LogP contribution in [0.3, 0.4) is 0 Å². The smallest absolute Gasteiger partial charge is 0.165 e. The van der Waals surface area contributed by atoms with Gasteiger partial charge in [-0.25, -0.2) is 0 Å². The Hall–Kier alpha value is -2.24. The Morgan fingerprint density at radius 1 is 1.16 bits per heavy atom. The number of nitrogens with zero attached hydrogens (tertiary/aromatic N) is 2. The Balaban J connectivity index is 1.37. The maximum atomic E-state index is 12.8. The molecule has 32 heavy (non-hydrogen) atoms.